The Hall–Kier alpha value is -3.99. The maximum Gasteiger partial charge on any atom is 0.408 e. The van der Waals surface area contributed by atoms with Gasteiger partial charge in [-0.15, -0.1) is 6.42 Å². The van der Waals surface area contributed by atoms with Gasteiger partial charge in [-0.25, -0.2) is 4.79 Å². The topological polar surface area (TPSA) is 97.0 Å². The first-order chi connectivity index (χ1) is 18.9. The first kappa shape index (κ1) is 32.2. The molecule has 8 nitrogen and oxygen atoms in total. The van der Waals surface area contributed by atoms with Crippen molar-refractivity contribution < 1.29 is 23.9 Å². The minimum atomic E-state index is -1.07. The standard InChI is InChI=1S/C32H43N3O5/c1-10-21(4)27(34-31(38)40-32(6,7)8)30(37)35(22(5)11-2)28(26-16-14-13-15-23(26)12-3)29(36)33-24-17-19-25(39-9)20-18-24/h3,13-22,27-28H,10-11H2,1-2,4-9H3,(H,33,36)(H,34,38). The highest BCUT2D eigenvalue weighted by molar-refractivity contribution is 5.99. The van der Waals surface area contributed by atoms with Crippen molar-refractivity contribution in [3.8, 4) is 18.1 Å². The molecule has 2 N–H and O–H groups in total. The maximum absolute atomic E-state index is 14.4. The summed E-state index contributed by atoms with van der Waals surface area (Å²) in [6, 6.07) is 11.6. The van der Waals surface area contributed by atoms with Crippen molar-refractivity contribution in [3.05, 3.63) is 59.7 Å². The van der Waals surface area contributed by atoms with Gasteiger partial charge in [0, 0.05) is 17.3 Å². The number of carbonyl (C=O) groups excluding carboxylic acids is 3. The summed E-state index contributed by atoms with van der Waals surface area (Å²) in [6.45, 7) is 12.9. The Labute approximate surface area is 238 Å². The van der Waals surface area contributed by atoms with E-state index in [9.17, 15) is 14.4 Å². The fourth-order valence-electron chi connectivity index (χ4n) is 4.24. The minimum absolute atomic E-state index is 0.236. The second-order valence-corrected chi connectivity index (χ2v) is 10.9. The molecule has 0 aliphatic rings. The molecule has 4 atom stereocenters. The lowest BCUT2D eigenvalue weighted by Crippen LogP contribution is -2.57. The smallest absolute Gasteiger partial charge is 0.408 e. The average molecular weight is 550 g/mol. The van der Waals surface area contributed by atoms with E-state index in [1.54, 1.807) is 81.3 Å². The highest BCUT2D eigenvalue weighted by Gasteiger charge is 2.40. The molecule has 40 heavy (non-hydrogen) atoms. The molecule has 2 rings (SSSR count). The van der Waals surface area contributed by atoms with E-state index >= 15 is 0 Å². The van der Waals surface area contributed by atoms with Crippen LogP contribution in [0.2, 0.25) is 0 Å². The van der Waals surface area contributed by atoms with Crippen LogP contribution in [0.25, 0.3) is 0 Å². The summed E-state index contributed by atoms with van der Waals surface area (Å²) >= 11 is 0. The molecule has 0 saturated carbocycles. The first-order valence-electron chi connectivity index (χ1n) is 13.7. The second-order valence-electron chi connectivity index (χ2n) is 10.9. The summed E-state index contributed by atoms with van der Waals surface area (Å²) in [7, 11) is 1.56. The average Bonchev–Trinajstić information content (AvgIpc) is 2.92. The van der Waals surface area contributed by atoms with Gasteiger partial charge >= 0.3 is 6.09 Å². The fraction of sp³-hybridized carbons (Fsp3) is 0.469. The summed E-state index contributed by atoms with van der Waals surface area (Å²) in [4.78, 5) is 42.8. The van der Waals surface area contributed by atoms with Gasteiger partial charge in [0.15, 0.2) is 0 Å². The molecule has 0 radical (unpaired) electrons. The van der Waals surface area contributed by atoms with Gasteiger partial charge in [0.25, 0.3) is 5.91 Å². The number of terminal acetylenes is 1. The van der Waals surface area contributed by atoms with E-state index in [0.29, 0.717) is 35.4 Å². The molecule has 0 saturated heterocycles. The monoisotopic (exact) mass is 549 g/mol. The number of ether oxygens (including phenoxy) is 2. The van der Waals surface area contributed by atoms with Crippen LogP contribution in [0, 0.1) is 18.3 Å². The van der Waals surface area contributed by atoms with Gasteiger partial charge in [-0.2, -0.15) is 0 Å². The van der Waals surface area contributed by atoms with Gasteiger partial charge in [0.2, 0.25) is 5.91 Å². The number of amides is 3. The first-order valence-corrected chi connectivity index (χ1v) is 13.7. The van der Waals surface area contributed by atoms with E-state index in [0.717, 1.165) is 0 Å². The Balaban J connectivity index is 2.63. The van der Waals surface area contributed by atoms with Crippen molar-refractivity contribution >= 4 is 23.6 Å². The summed E-state index contributed by atoms with van der Waals surface area (Å²) < 4.78 is 10.7. The maximum atomic E-state index is 14.4. The molecular weight excluding hydrogens is 506 g/mol. The second kappa shape index (κ2) is 14.4. The van der Waals surface area contributed by atoms with Gasteiger partial charge < -0.3 is 25.0 Å². The van der Waals surface area contributed by atoms with Gasteiger partial charge in [-0.1, -0.05) is 51.3 Å². The predicted molar refractivity (Wildman–Crippen MR) is 158 cm³/mol. The Kier molecular flexibility index (Phi) is 11.6. The fourth-order valence-corrected chi connectivity index (χ4v) is 4.24. The van der Waals surface area contributed by atoms with Crippen molar-refractivity contribution in [2.45, 2.75) is 85.0 Å². The van der Waals surface area contributed by atoms with Gasteiger partial charge in [0.1, 0.15) is 23.4 Å². The van der Waals surface area contributed by atoms with Crippen LogP contribution in [-0.2, 0) is 14.3 Å². The van der Waals surface area contributed by atoms with E-state index in [1.807, 2.05) is 27.7 Å². The molecule has 0 aromatic heterocycles. The number of methoxy groups -OCH3 is 1. The third kappa shape index (κ3) is 8.51. The van der Waals surface area contributed by atoms with Crippen LogP contribution in [0.1, 0.15) is 78.5 Å². The number of hydrogen-bond acceptors (Lipinski definition) is 5. The quantitative estimate of drug-likeness (QED) is 0.339. The molecule has 0 fully saturated rings. The summed E-state index contributed by atoms with van der Waals surface area (Å²) in [5.41, 5.74) is 0.815. The number of nitrogens with zero attached hydrogens (tertiary/aromatic N) is 1. The Bertz CT molecular complexity index is 1200. The molecule has 0 bridgehead atoms. The van der Waals surface area contributed by atoms with E-state index in [1.165, 1.54) is 0 Å². The molecule has 216 valence electrons. The molecule has 3 amide bonds. The molecule has 0 heterocycles. The van der Waals surface area contributed by atoms with E-state index in [-0.39, 0.29) is 12.0 Å². The van der Waals surface area contributed by atoms with Gasteiger partial charge in [0.05, 0.1) is 7.11 Å². The molecule has 2 aromatic carbocycles. The number of nitrogens with one attached hydrogen (secondary N) is 2. The van der Waals surface area contributed by atoms with Gasteiger partial charge in [-0.05, 0) is 75.9 Å². The number of rotatable bonds is 11. The SMILES string of the molecule is C#Cc1ccccc1C(C(=O)Nc1ccc(OC)cc1)N(C(=O)C(NC(=O)OC(C)(C)C)C(C)CC)C(C)CC. The minimum Gasteiger partial charge on any atom is -0.497 e. The zero-order valence-electron chi connectivity index (χ0n) is 24.9. The summed E-state index contributed by atoms with van der Waals surface area (Å²) in [6.07, 6.45) is 6.32. The van der Waals surface area contributed by atoms with Crippen LogP contribution in [0.4, 0.5) is 10.5 Å². The lowest BCUT2D eigenvalue weighted by atomic mass is 9.92. The van der Waals surface area contributed by atoms with Crippen LogP contribution >= 0.6 is 0 Å². The predicted octanol–water partition coefficient (Wildman–Crippen LogP) is 5.92. The summed E-state index contributed by atoms with van der Waals surface area (Å²) in [5, 5.41) is 5.72. The van der Waals surface area contributed by atoms with Crippen LogP contribution < -0.4 is 15.4 Å². The molecule has 0 aliphatic heterocycles. The van der Waals surface area contributed by atoms with Crippen molar-refractivity contribution in [1.29, 1.82) is 0 Å². The molecule has 2 aromatic rings. The third-order valence-electron chi connectivity index (χ3n) is 6.77. The van der Waals surface area contributed by atoms with Crippen LogP contribution in [0.3, 0.4) is 0 Å². The number of hydrogen-bond donors (Lipinski definition) is 2. The number of anilines is 1. The van der Waals surface area contributed by atoms with Gasteiger partial charge in [-0.3, -0.25) is 9.59 Å². The highest BCUT2D eigenvalue weighted by Crippen LogP contribution is 2.31. The summed E-state index contributed by atoms with van der Waals surface area (Å²) in [5.74, 6) is 2.25. The van der Waals surface area contributed by atoms with E-state index in [4.69, 9.17) is 15.9 Å². The van der Waals surface area contributed by atoms with Crippen molar-refractivity contribution in [1.82, 2.24) is 10.2 Å². The molecule has 4 unspecified atom stereocenters. The lowest BCUT2D eigenvalue weighted by Gasteiger charge is -2.39. The highest BCUT2D eigenvalue weighted by atomic mass is 16.6. The molecule has 0 spiro atoms. The number of benzene rings is 2. The van der Waals surface area contributed by atoms with Crippen molar-refractivity contribution in [2.75, 3.05) is 12.4 Å². The van der Waals surface area contributed by atoms with Crippen molar-refractivity contribution in [2.24, 2.45) is 5.92 Å². The van der Waals surface area contributed by atoms with E-state index in [2.05, 4.69) is 16.6 Å². The molecular formula is C32H43N3O5. The van der Waals surface area contributed by atoms with E-state index < -0.39 is 35.6 Å². The normalized spacial score (nSPS) is 14.1. The Morgan fingerprint density at radius 2 is 1.62 bits per heavy atom. The zero-order chi connectivity index (χ0) is 30.0. The lowest BCUT2D eigenvalue weighted by molar-refractivity contribution is -0.144. The van der Waals surface area contributed by atoms with Crippen LogP contribution in [0.5, 0.6) is 5.75 Å². The number of carbonyl (C=O) groups is 3. The Morgan fingerprint density at radius 1 is 1.00 bits per heavy atom. The van der Waals surface area contributed by atoms with Crippen LogP contribution in [0.15, 0.2) is 48.5 Å². The third-order valence-corrected chi connectivity index (χ3v) is 6.77. The zero-order valence-corrected chi connectivity index (χ0v) is 24.9. The number of alkyl carbamates (subject to hydrolysis) is 1. The Morgan fingerprint density at radius 3 is 2.15 bits per heavy atom. The molecule has 0 aliphatic carbocycles. The van der Waals surface area contributed by atoms with Crippen LogP contribution in [-0.4, -0.2) is 47.6 Å². The van der Waals surface area contributed by atoms with Crippen molar-refractivity contribution in [3.63, 3.8) is 0 Å². The largest absolute Gasteiger partial charge is 0.497 e. The molecule has 8 heteroatoms.